The molecule has 0 saturated carbocycles. The first-order chi connectivity index (χ1) is 10.7. The van der Waals surface area contributed by atoms with Gasteiger partial charge in [-0.1, -0.05) is 26.0 Å². The number of aliphatic imine (C=N–C) groups is 1. The van der Waals surface area contributed by atoms with Crippen molar-refractivity contribution in [2.75, 3.05) is 40.3 Å². The quantitative estimate of drug-likeness (QED) is 0.272. The Morgan fingerprint density at radius 1 is 1.22 bits per heavy atom. The number of hydrogen-bond acceptors (Lipinski definition) is 3. The Bertz CT molecular complexity index is 450. The van der Waals surface area contributed by atoms with Crippen molar-refractivity contribution in [3.05, 3.63) is 29.8 Å². The average Bonchev–Trinajstić information content (AvgIpc) is 2.57. The van der Waals surface area contributed by atoms with Gasteiger partial charge in [0, 0.05) is 20.1 Å². The molecule has 0 aliphatic heterocycles. The molecule has 1 rings (SSSR count). The summed E-state index contributed by atoms with van der Waals surface area (Å²) in [6, 6.07) is 8.05. The number of nitrogens with one attached hydrogen (secondary N) is 2. The van der Waals surface area contributed by atoms with Crippen LogP contribution in [-0.4, -0.2) is 51.2 Å². The Hall–Kier alpha value is -1.02. The molecule has 0 heterocycles. The SMILES string of the molecule is CCN(CC)CCCNC(=NC)NCc1cccc(OC)c1.I. The topological polar surface area (TPSA) is 48.9 Å². The van der Waals surface area contributed by atoms with Crippen LogP contribution in [0.4, 0.5) is 0 Å². The summed E-state index contributed by atoms with van der Waals surface area (Å²) in [5.41, 5.74) is 1.17. The van der Waals surface area contributed by atoms with Crippen LogP contribution in [0.25, 0.3) is 0 Å². The van der Waals surface area contributed by atoms with Crippen molar-refractivity contribution in [1.29, 1.82) is 0 Å². The Morgan fingerprint density at radius 2 is 1.96 bits per heavy atom. The molecule has 0 saturated heterocycles. The van der Waals surface area contributed by atoms with Gasteiger partial charge in [-0.05, 0) is 43.8 Å². The third-order valence-corrected chi connectivity index (χ3v) is 3.66. The second kappa shape index (κ2) is 13.4. The number of ether oxygens (including phenoxy) is 1. The Balaban J connectivity index is 0.00000484. The Labute approximate surface area is 157 Å². The molecule has 1 aromatic carbocycles. The van der Waals surface area contributed by atoms with Gasteiger partial charge in [-0.2, -0.15) is 0 Å². The zero-order valence-electron chi connectivity index (χ0n) is 14.8. The van der Waals surface area contributed by atoms with Gasteiger partial charge in [0.2, 0.25) is 0 Å². The third kappa shape index (κ3) is 9.00. The fraction of sp³-hybridized carbons (Fsp3) is 0.588. The van der Waals surface area contributed by atoms with Gasteiger partial charge in [0.1, 0.15) is 5.75 Å². The summed E-state index contributed by atoms with van der Waals surface area (Å²) in [5, 5.41) is 6.68. The lowest BCUT2D eigenvalue weighted by Crippen LogP contribution is -2.38. The predicted molar refractivity (Wildman–Crippen MR) is 109 cm³/mol. The maximum absolute atomic E-state index is 5.23. The predicted octanol–water partition coefficient (Wildman–Crippen LogP) is 2.71. The van der Waals surface area contributed by atoms with Crippen LogP contribution in [0.1, 0.15) is 25.8 Å². The maximum atomic E-state index is 5.23. The molecule has 0 fully saturated rings. The van der Waals surface area contributed by atoms with Crippen molar-refractivity contribution in [2.45, 2.75) is 26.8 Å². The third-order valence-electron chi connectivity index (χ3n) is 3.66. The van der Waals surface area contributed by atoms with E-state index in [1.54, 1.807) is 14.2 Å². The lowest BCUT2D eigenvalue weighted by Gasteiger charge is -2.18. The molecule has 0 spiro atoms. The number of guanidine groups is 1. The van der Waals surface area contributed by atoms with Crippen LogP contribution >= 0.6 is 24.0 Å². The normalized spacial score (nSPS) is 11.1. The summed E-state index contributed by atoms with van der Waals surface area (Å²) >= 11 is 0. The van der Waals surface area contributed by atoms with E-state index in [4.69, 9.17) is 4.74 Å². The molecule has 132 valence electrons. The molecule has 0 amide bonds. The van der Waals surface area contributed by atoms with Crippen molar-refractivity contribution in [2.24, 2.45) is 4.99 Å². The largest absolute Gasteiger partial charge is 0.497 e. The molecule has 0 radical (unpaired) electrons. The number of rotatable bonds is 9. The molecular weight excluding hydrogens is 403 g/mol. The highest BCUT2D eigenvalue weighted by molar-refractivity contribution is 14.0. The van der Waals surface area contributed by atoms with Crippen LogP contribution in [-0.2, 0) is 6.54 Å². The lowest BCUT2D eigenvalue weighted by molar-refractivity contribution is 0.300. The molecule has 5 nitrogen and oxygen atoms in total. The Kier molecular flexibility index (Phi) is 12.8. The van der Waals surface area contributed by atoms with E-state index in [1.165, 1.54) is 5.56 Å². The molecule has 1 aromatic rings. The average molecular weight is 434 g/mol. The highest BCUT2D eigenvalue weighted by Gasteiger charge is 2.01. The van der Waals surface area contributed by atoms with E-state index in [0.717, 1.165) is 50.9 Å². The molecule has 0 bridgehead atoms. The zero-order valence-corrected chi connectivity index (χ0v) is 17.1. The number of halogens is 1. The van der Waals surface area contributed by atoms with Gasteiger partial charge < -0.3 is 20.3 Å². The van der Waals surface area contributed by atoms with E-state index in [1.807, 2.05) is 18.2 Å². The second-order valence-electron chi connectivity index (χ2n) is 5.08. The van der Waals surface area contributed by atoms with E-state index in [0.29, 0.717) is 0 Å². The zero-order chi connectivity index (χ0) is 16.2. The van der Waals surface area contributed by atoms with Gasteiger partial charge in [-0.25, -0.2) is 0 Å². The smallest absolute Gasteiger partial charge is 0.191 e. The molecule has 0 aliphatic carbocycles. The molecule has 6 heteroatoms. The summed E-state index contributed by atoms with van der Waals surface area (Å²) in [6.45, 7) is 9.39. The molecule has 2 N–H and O–H groups in total. The number of hydrogen-bond donors (Lipinski definition) is 2. The molecule has 0 unspecified atom stereocenters. The monoisotopic (exact) mass is 434 g/mol. The summed E-state index contributed by atoms with van der Waals surface area (Å²) in [5.74, 6) is 1.71. The van der Waals surface area contributed by atoms with Crippen molar-refractivity contribution in [3.8, 4) is 5.75 Å². The van der Waals surface area contributed by atoms with Crippen LogP contribution in [0, 0.1) is 0 Å². The standard InChI is InChI=1S/C17H30N4O.HI/c1-5-21(6-2)12-8-11-19-17(18-3)20-14-15-9-7-10-16(13-15)22-4;/h7,9-10,13H,5-6,8,11-12,14H2,1-4H3,(H2,18,19,20);1H. The van der Waals surface area contributed by atoms with Gasteiger partial charge in [0.05, 0.1) is 7.11 Å². The molecule has 0 aliphatic rings. The van der Waals surface area contributed by atoms with Crippen molar-refractivity contribution >= 4 is 29.9 Å². The van der Waals surface area contributed by atoms with Crippen LogP contribution in [0.2, 0.25) is 0 Å². The second-order valence-corrected chi connectivity index (χ2v) is 5.08. The van der Waals surface area contributed by atoms with E-state index >= 15 is 0 Å². The highest BCUT2D eigenvalue weighted by Crippen LogP contribution is 2.11. The minimum Gasteiger partial charge on any atom is -0.497 e. The van der Waals surface area contributed by atoms with Gasteiger partial charge >= 0.3 is 0 Å². The molecule has 23 heavy (non-hydrogen) atoms. The fourth-order valence-electron chi connectivity index (χ4n) is 2.24. The van der Waals surface area contributed by atoms with Crippen LogP contribution in [0.5, 0.6) is 5.75 Å². The minimum absolute atomic E-state index is 0. The van der Waals surface area contributed by atoms with Gasteiger partial charge in [-0.15, -0.1) is 24.0 Å². The first-order valence-corrected chi connectivity index (χ1v) is 8.03. The minimum atomic E-state index is 0. The van der Waals surface area contributed by atoms with Crippen LogP contribution in [0.15, 0.2) is 29.3 Å². The maximum Gasteiger partial charge on any atom is 0.191 e. The highest BCUT2D eigenvalue weighted by atomic mass is 127. The Morgan fingerprint density at radius 3 is 2.57 bits per heavy atom. The van der Waals surface area contributed by atoms with Gasteiger partial charge in [0.15, 0.2) is 5.96 Å². The first kappa shape index (κ1) is 22.0. The number of methoxy groups -OCH3 is 1. The number of benzene rings is 1. The van der Waals surface area contributed by atoms with Crippen LogP contribution < -0.4 is 15.4 Å². The summed E-state index contributed by atoms with van der Waals surface area (Å²) < 4.78 is 5.23. The summed E-state index contributed by atoms with van der Waals surface area (Å²) in [7, 11) is 3.48. The first-order valence-electron chi connectivity index (χ1n) is 8.03. The van der Waals surface area contributed by atoms with Crippen molar-refractivity contribution in [3.63, 3.8) is 0 Å². The van der Waals surface area contributed by atoms with E-state index in [9.17, 15) is 0 Å². The summed E-state index contributed by atoms with van der Waals surface area (Å²) in [4.78, 5) is 6.68. The van der Waals surface area contributed by atoms with E-state index < -0.39 is 0 Å². The van der Waals surface area contributed by atoms with Gasteiger partial charge in [-0.3, -0.25) is 4.99 Å². The van der Waals surface area contributed by atoms with E-state index in [2.05, 4.69) is 40.4 Å². The fourth-order valence-corrected chi connectivity index (χ4v) is 2.24. The van der Waals surface area contributed by atoms with Crippen molar-refractivity contribution in [1.82, 2.24) is 15.5 Å². The van der Waals surface area contributed by atoms with Crippen molar-refractivity contribution < 1.29 is 4.74 Å². The number of nitrogens with zero attached hydrogens (tertiary/aromatic N) is 2. The lowest BCUT2D eigenvalue weighted by atomic mass is 10.2. The molecular formula is C17H31IN4O. The molecule has 0 atom stereocenters. The van der Waals surface area contributed by atoms with Crippen LogP contribution in [0.3, 0.4) is 0 Å². The van der Waals surface area contributed by atoms with E-state index in [-0.39, 0.29) is 24.0 Å². The summed E-state index contributed by atoms with van der Waals surface area (Å²) in [6.07, 6.45) is 1.11. The van der Waals surface area contributed by atoms with Gasteiger partial charge in [0.25, 0.3) is 0 Å². The molecule has 0 aromatic heterocycles.